The molecule has 2 aliphatic rings. The largest absolute Gasteiger partial charge is 0.466 e. The van der Waals surface area contributed by atoms with Gasteiger partial charge >= 0.3 is 5.97 Å². The molecule has 2 aliphatic heterocycles. The third kappa shape index (κ3) is 4.85. The summed E-state index contributed by atoms with van der Waals surface area (Å²) in [7, 11) is 1.38. The van der Waals surface area contributed by atoms with Crippen LogP contribution < -0.4 is 5.32 Å². The zero-order valence-corrected chi connectivity index (χ0v) is 19.7. The standard InChI is InChI=1S/C25H26N4O3S/c1-4-20-22(24(31)32-3)23(17-10-8-16(2)9-11-17)29-19(15-33-25(29)28-20)13-21(30)27-14-18-7-5-6-12-26-18/h5-12,15,23H,4,13-14H2,1-3H3,(H,27,30)/t23-/m0/s1. The van der Waals surface area contributed by atoms with Gasteiger partial charge in [0.2, 0.25) is 5.91 Å². The number of pyridine rings is 1. The van der Waals surface area contributed by atoms with Crippen LogP contribution >= 0.6 is 11.8 Å². The molecule has 8 heteroatoms. The van der Waals surface area contributed by atoms with E-state index in [1.54, 1.807) is 6.20 Å². The van der Waals surface area contributed by atoms with E-state index in [0.29, 0.717) is 24.2 Å². The first-order valence-electron chi connectivity index (χ1n) is 10.8. The van der Waals surface area contributed by atoms with Crippen molar-refractivity contribution in [3.8, 4) is 0 Å². The van der Waals surface area contributed by atoms with E-state index in [1.165, 1.54) is 18.9 Å². The van der Waals surface area contributed by atoms with Crippen LogP contribution in [-0.4, -0.2) is 34.0 Å². The highest BCUT2D eigenvalue weighted by Crippen LogP contribution is 2.45. The van der Waals surface area contributed by atoms with Crippen LogP contribution in [0.1, 0.15) is 42.6 Å². The van der Waals surface area contributed by atoms with Crippen molar-refractivity contribution in [2.24, 2.45) is 4.99 Å². The first-order valence-corrected chi connectivity index (χ1v) is 11.7. The number of hydrogen-bond acceptors (Lipinski definition) is 7. The van der Waals surface area contributed by atoms with Crippen molar-refractivity contribution in [3.05, 3.63) is 87.9 Å². The molecule has 170 valence electrons. The number of thioether (sulfide) groups is 1. The molecule has 1 aromatic heterocycles. The van der Waals surface area contributed by atoms with Gasteiger partial charge in [-0.15, -0.1) is 0 Å². The van der Waals surface area contributed by atoms with Crippen LogP contribution in [0, 0.1) is 6.92 Å². The lowest BCUT2D eigenvalue weighted by molar-refractivity contribution is -0.136. The predicted molar refractivity (Wildman–Crippen MR) is 129 cm³/mol. The molecule has 0 saturated heterocycles. The molecular weight excluding hydrogens is 436 g/mol. The fraction of sp³-hybridized carbons (Fsp3) is 0.280. The maximum atomic E-state index is 12.9. The van der Waals surface area contributed by atoms with Crippen LogP contribution in [0.4, 0.5) is 0 Å². The van der Waals surface area contributed by atoms with Gasteiger partial charge in [0.05, 0.1) is 43.1 Å². The minimum Gasteiger partial charge on any atom is -0.466 e. The number of esters is 1. The third-order valence-corrected chi connectivity index (χ3v) is 6.45. The number of carbonyl (C=O) groups is 2. The van der Waals surface area contributed by atoms with Gasteiger partial charge in [-0.3, -0.25) is 9.78 Å². The highest BCUT2D eigenvalue weighted by atomic mass is 32.2. The number of benzene rings is 1. The summed E-state index contributed by atoms with van der Waals surface area (Å²) < 4.78 is 5.14. The van der Waals surface area contributed by atoms with Crippen molar-refractivity contribution in [3.63, 3.8) is 0 Å². The highest BCUT2D eigenvalue weighted by Gasteiger charge is 2.41. The molecule has 2 aromatic rings. The summed E-state index contributed by atoms with van der Waals surface area (Å²) in [4.78, 5) is 36.6. The van der Waals surface area contributed by atoms with E-state index in [1.807, 2.05) is 66.6 Å². The molecule has 0 radical (unpaired) electrons. The number of amidine groups is 1. The summed E-state index contributed by atoms with van der Waals surface area (Å²) >= 11 is 1.47. The molecule has 0 aliphatic carbocycles. The minimum absolute atomic E-state index is 0.124. The summed E-state index contributed by atoms with van der Waals surface area (Å²) in [5.41, 5.74) is 4.88. The van der Waals surface area contributed by atoms with Crippen LogP contribution in [-0.2, 0) is 20.9 Å². The van der Waals surface area contributed by atoms with Gasteiger partial charge < -0.3 is 15.0 Å². The fourth-order valence-corrected chi connectivity index (χ4v) is 4.83. The average Bonchev–Trinajstić information content (AvgIpc) is 3.24. The Hall–Kier alpha value is -3.39. The summed E-state index contributed by atoms with van der Waals surface area (Å²) in [5.74, 6) is -0.530. The molecule has 1 amide bonds. The Morgan fingerprint density at radius 3 is 2.64 bits per heavy atom. The zero-order valence-electron chi connectivity index (χ0n) is 18.9. The third-order valence-electron chi connectivity index (χ3n) is 5.56. The van der Waals surface area contributed by atoms with Gasteiger partial charge in [0.15, 0.2) is 5.17 Å². The Kier molecular flexibility index (Phi) is 6.93. The Bertz CT molecular complexity index is 1140. The number of aliphatic imine (C=N–C) groups is 1. The number of methoxy groups -OCH3 is 1. The molecule has 1 aromatic carbocycles. The summed E-state index contributed by atoms with van der Waals surface area (Å²) in [6, 6.07) is 13.3. The van der Waals surface area contributed by atoms with Gasteiger partial charge in [0.25, 0.3) is 0 Å². The van der Waals surface area contributed by atoms with E-state index >= 15 is 0 Å². The van der Waals surface area contributed by atoms with Crippen molar-refractivity contribution in [1.29, 1.82) is 0 Å². The van der Waals surface area contributed by atoms with E-state index < -0.39 is 12.0 Å². The molecule has 1 N–H and O–H groups in total. The van der Waals surface area contributed by atoms with E-state index in [0.717, 1.165) is 27.7 Å². The first kappa shape index (κ1) is 22.8. The van der Waals surface area contributed by atoms with Crippen molar-refractivity contribution in [2.75, 3.05) is 7.11 Å². The molecule has 0 spiro atoms. The number of ether oxygens (including phenoxy) is 1. The quantitative estimate of drug-likeness (QED) is 0.620. The van der Waals surface area contributed by atoms with E-state index in [4.69, 9.17) is 9.73 Å². The van der Waals surface area contributed by atoms with Gasteiger partial charge in [-0.2, -0.15) is 0 Å². The average molecular weight is 463 g/mol. The molecule has 0 saturated carbocycles. The number of amides is 1. The van der Waals surface area contributed by atoms with Crippen molar-refractivity contribution >= 4 is 28.8 Å². The Balaban J connectivity index is 1.63. The second-order valence-electron chi connectivity index (χ2n) is 7.78. The number of rotatable bonds is 7. The lowest BCUT2D eigenvalue weighted by atomic mass is 9.92. The van der Waals surface area contributed by atoms with Crippen LogP contribution in [0.25, 0.3) is 0 Å². The van der Waals surface area contributed by atoms with Gasteiger partial charge in [0, 0.05) is 11.9 Å². The van der Waals surface area contributed by atoms with E-state index in [9.17, 15) is 9.59 Å². The van der Waals surface area contributed by atoms with Crippen LogP contribution in [0.15, 0.2) is 76.0 Å². The molecule has 4 rings (SSSR count). The number of nitrogens with zero attached hydrogens (tertiary/aromatic N) is 3. The lowest BCUT2D eigenvalue weighted by Crippen LogP contribution is -2.38. The number of aromatic nitrogens is 1. The lowest BCUT2D eigenvalue weighted by Gasteiger charge is -2.36. The molecule has 7 nitrogen and oxygen atoms in total. The normalized spacial score (nSPS) is 17.3. The summed E-state index contributed by atoms with van der Waals surface area (Å²) in [6.07, 6.45) is 2.47. The number of nitrogens with one attached hydrogen (secondary N) is 1. The number of allylic oxidation sites excluding steroid dienone is 1. The number of hydrogen-bond donors (Lipinski definition) is 1. The smallest absolute Gasteiger partial charge is 0.338 e. The van der Waals surface area contributed by atoms with Crippen molar-refractivity contribution < 1.29 is 14.3 Å². The molecule has 0 bridgehead atoms. The molecule has 1 atom stereocenters. The monoisotopic (exact) mass is 462 g/mol. The van der Waals surface area contributed by atoms with Crippen LogP contribution in [0.5, 0.6) is 0 Å². The topological polar surface area (TPSA) is 83.9 Å². The highest BCUT2D eigenvalue weighted by molar-refractivity contribution is 8.16. The Morgan fingerprint density at radius 2 is 1.97 bits per heavy atom. The number of carbonyl (C=O) groups excluding carboxylic acids is 2. The zero-order chi connectivity index (χ0) is 23.4. The summed E-state index contributed by atoms with van der Waals surface area (Å²) in [6.45, 7) is 4.36. The second-order valence-corrected chi connectivity index (χ2v) is 8.62. The maximum absolute atomic E-state index is 12.9. The Labute approximate surface area is 197 Å². The molecule has 0 fully saturated rings. The SMILES string of the molecule is CCC1=C(C(=O)OC)[C@H](c2ccc(C)cc2)N2C(CC(=O)NCc3ccccn3)=CSC2=N1. The minimum atomic E-state index is -0.412. The molecule has 3 heterocycles. The van der Waals surface area contributed by atoms with E-state index in [2.05, 4.69) is 10.3 Å². The fourth-order valence-electron chi connectivity index (χ4n) is 3.90. The first-order chi connectivity index (χ1) is 16.0. The molecule has 33 heavy (non-hydrogen) atoms. The van der Waals surface area contributed by atoms with Gasteiger partial charge in [0.1, 0.15) is 0 Å². The van der Waals surface area contributed by atoms with Gasteiger partial charge in [-0.05, 0) is 36.4 Å². The molecule has 0 unspecified atom stereocenters. The van der Waals surface area contributed by atoms with Gasteiger partial charge in [-0.1, -0.05) is 54.6 Å². The predicted octanol–water partition coefficient (Wildman–Crippen LogP) is 4.23. The second kappa shape index (κ2) is 10.0. The van der Waals surface area contributed by atoms with Gasteiger partial charge in [-0.25, -0.2) is 9.79 Å². The van der Waals surface area contributed by atoms with Crippen molar-refractivity contribution in [1.82, 2.24) is 15.2 Å². The van der Waals surface area contributed by atoms with E-state index in [-0.39, 0.29) is 12.3 Å². The number of aryl methyl sites for hydroxylation is 1. The Morgan fingerprint density at radius 1 is 1.18 bits per heavy atom. The summed E-state index contributed by atoms with van der Waals surface area (Å²) in [5, 5.41) is 5.63. The van der Waals surface area contributed by atoms with Crippen LogP contribution in [0.2, 0.25) is 0 Å². The van der Waals surface area contributed by atoms with Crippen molar-refractivity contribution in [2.45, 2.75) is 39.3 Å². The number of fused-ring (bicyclic) bond motifs is 1. The maximum Gasteiger partial charge on any atom is 0.338 e. The van der Waals surface area contributed by atoms with Crippen LogP contribution in [0.3, 0.4) is 0 Å². The molecular formula is C25H26N4O3S.